The number of aryl methyl sites for hydroxylation is 1. The largest absolute Gasteiger partial charge is 0.390 e. The Morgan fingerprint density at radius 1 is 0.926 bits per heavy atom. The van der Waals surface area contributed by atoms with Gasteiger partial charge in [0, 0.05) is 45.3 Å². The summed E-state index contributed by atoms with van der Waals surface area (Å²) >= 11 is 0. The number of benzene rings is 1. The second-order valence-corrected chi connectivity index (χ2v) is 9.65. The molecule has 1 unspecified atom stereocenters. The van der Waals surface area contributed by atoms with E-state index < -0.39 is 5.60 Å². The van der Waals surface area contributed by atoms with Crippen LogP contribution in [0.1, 0.15) is 44.2 Å². The summed E-state index contributed by atoms with van der Waals surface area (Å²) < 4.78 is 0. The third-order valence-electron chi connectivity index (χ3n) is 6.95. The molecule has 4 aliphatic heterocycles. The summed E-state index contributed by atoms with van der Waals surface area (Å²) in [7, 11) is 0. The third kappa shape index (κ3) is 5.11. The molecule has 1 N–H and O–H groups in total. The lowest BCUT2D eigenvalue weighted by atomic mass is 9.83. The van der Waals surface area contributed by atoms with Crippen LogP contribution in [0, 0.1) is 5.92 Å². The Morgan fingerprint density at radius 3 is 2.11 bits per heavy atom. The van der Waals surface area contributed by atoms with E-state index >= 15 is 0 Å². The van der Waals surface area contributed by atoms with E-state index in [1.807, 2.05) is 13.8 Å². The van der Waals surface area contributed by atoms with Gasteiger partial charge in [-0.15, -0.1) is 0 Å². The maximum absolute atomic E-state index is 9.89. The molecule has 4 aliphatic rings. The molecule has 4 heterocycles. The first kappa shape index (κ1) is 19.4. The van der Waals surface area contributed by atoms with Crippen LogP contribution < -0.4 is 0 Å². The van der Waals surface area contributed by atoms with Crippen molar-refractivity contribution in [2.45, 2.75) is 57.7 Å². The van der Waals surface area contributed by atoms with Crippen molar-refractivity contribution >= 4 is 0 Å². The first-order valence-corrected chi connectivity index (χ1v) is 11.0. The van der Waals surface area contributed by atoms with Gasteiger partial charge in [-0.05, 0) is 69.7 Å². The molecule has 0 aliphatic carbocycles. The molecule has 2 bridgehead atoms. The summed E-state index contributed by atoms with van der Waals surface area (Å²) in [5.41, 5.74) is 2.17. The lowest BCUT2D eigenvalue weighted by molar-refractivity contribution is -0.0162. The van der Waals surface area contributed by atoms with Gasteiger partial charge in [-0.1, -0.05) is 24.3 Å². The molecule has 1 aromatic carbocycles. The fraction of sp³-hybridized carbons (Fsp3) is 0.739. The van der Waals surface area contributed by atoms with E-state index in [0.717, 1.165) is 31.3 Å². The van der Waals surface area contributed by atoms with E-state index in [1.54, 1.807) is 0 Å². The normalized spacial score (nSPS) is 30.0. The van der Waals surface area contributed by atoms with E-state index in [1.165, 1.54) is 69.8 Å². The summed E-state index contributed by atoms with van der Waals surface area (Å²) in [5.74, 6) is 0.956. The molecule has 4 fully saturated rings. The molecule has 0 aromatic heterocycles. The number of piperidine rings is 3. The van der Waals surface area contributed by atoms with Crippen LogP contribution in [0.5, 0.6) is 0 Å². The predicted octanol–water partition coefficient (Wildman–Crippen LogP) is 2.60. The lowest BCUT2D eigenvalue weighted by Crippen LogP contribution is -2.60. The highest BCUT2D eigenvalue weighted by molar-refractivity contribution is 5.23. The van der Waals surface area contributed by atoms with Crippen molar-refractivity contribution in [2.24, 2.45) is 5.92 Å². The van der Waals surface area contributed by atoms with Gasteiger partial charge in [0.1, 0.15) is 0 Å². The molecule has 150 valence electrons. The van der Waals surface area contributed by atoms with Gasteiger partial charge in [0.05, 0.1) is 5.60 Å². The van der Waals surface area contributed by atoms with Gasteiger partial charge in [-0.3, -0.25) is 9.80 Å². The monoisotopic (exact) mass is 371 g/mol. The quantitative estimate of drug-likeness (QED) is 0.833. The minimum atomic E-state index is -0.576. The number of rotatable bonds is 6. The molecule has 5 rings (SSSR count). The maximum atomic E-state index is 9.89. The standard InChI is InChI=1S/C23H37N3O/c1-23(2,27)10-7-19-3-5-20(6-4-19)17-25-13-15-26(16-14-25)22-18-24-11-8-21(22)9-12-24/h3-6,21-22,27H,7-18H2,1-2H3. The van der Waals surface area contributed by atoms with E-state index in [4.69, 9.17) is 0 Å². The fourth-order valence-electron chi connectivity index (χ4n) is 5.12. The summed E-state index contributed by atoms with van der Waals surface area (Å²) in [4.78, 5) is 8.08. The Labute approximate surface area is 165 Å². The zero-order valence-electron chi connectivity index (χ0n) is 17.2. The molecule has 0 spiro atoms. The van der Waals surface area contributed by atoms with Crippen molar-refractivity contribution < 1.29 is 5.11 Å². The molecule has 0 amide bonds. The average molecular weight is 372 g/mol. The van der Waals surface area contributed by atoms with Gasteiger partial charge < -0.3 is 10.0 Å². The Bertz CT molecular complexity index is 593. The van der Waals surface area contributed by atoms with Crippen LogP contribution in [0.3, 0.4) is 0 Å². The highest BCUT2D eigenvalue weighted by Crippen LogP contribution is 2.31. The molecule has 1 atom stereocenters. The molecular formula is C23H37N3O. The Balaban J connectivity index is 1.23. The second-order valence-electron chi connectivity index (χ2n) is 9.65. The van der Waals surface area contributed by atoms with Gasteiger partial charge in [-0.25, -0.2) is 0 Å². The van der Waals surface area contributed by atoms with E-state index in [-0.39, 0.29) is 0 Å². The van der Waals surface area contributed by atoms with Crippen LogP contribution in [0.2, 0.25) is 0 Å². The number of nitrogens with zero attached hydrogens (tertiary/aromatic N) is 3. The first-order valence-electron chi connectivity index (χ1n) is 11.0. The summed E-state index contributed by atoms with van der Waals surface area (Å²) in [5, 5.41) is 9.89. The van der Waals surface area contributed by atoms with Crippen molar-refractivity contribution in [1.82, 2.24) is 14.7 Å². The average Bonchev–Trinajstić information content (AvgIpc) is 2.68. The van der Waals surface area contributed by atoms with E-state index in [9.17, 15) is 5.11 Å². The summed E-state index contributed by atoms with van der Waals surface area (Å²) in [6.45, 7) is 13.7. The molecule has 4 nitrogen and oxygen atoms in total. The summed E-state index contributed by atoms with van der Waals surface area (Å²) in [6.07, 6.45) is 4.60. The molecule has 0 saturated carbocycles. The fourth-order valence-corrected chi connectivity index (χ4v) is 5.12. The van der Waals surface area contributed by atoms with Crippen molar-refractivity contribution in [1.29, 1.82) is 0 Å². The van der Waals surface area contributed by atoms with E-state index in [2.05, 4.69) is 39.0 Å². The van der Waals surface area contributed by atoms with Crippen molar-refractivity contribution in [3.63, 3.8) is 0 Å². The van der Waals surface area contributed by atoms with Gasteiger partial charge >= 0.3 is 0 Å². The highest BCUT2D eigenvalue weighted by atomic mass is 16.3. The van der Waals surface area contributed by atoms with Crippen molar-refractivity contribution in [3.05, 3.63) is 35.4 Å². The van der Waals surface area contributed by atoms with Crippen molar-refractivity contribution in [2.75, 3.05) is 45.8 Å². The third-order valence-corrected chi connectivity index (χ3v) is 6.95. The van der Waals surface area contributed by atoms with E-state index in [0.29, 0.717) is 0 Å². The number of hydrogen-bond acceptors (Lipinski definition) is 4. The SMILES string of the molecule is CC(C)(O)CCc1ccc(CN2CCN(C3CN4CCC3CC4)CC2)cc1. The van der Waals surface area contributed by atoms with Crippen LogP contribution >= 0.6 is 0 Å². The van der Waals surface area contributed by atoms with Crippen LogP contribution in [0.15, 0.2) is 24.3 Å². The molecular weight excluding hydrogens is 334 g/mol. The zero-order chi connectivity index (χ0) is 18.9. The van der Waals surface area contributed by atoms with Gasteiger partial charge in [0.2, 0.25) is 0 Å². The lowest BCUT2D eigenvalue weighted by Gasteiger charge is -2.51. The Morgan fingerprint density at radius 2 is 1.56 bits per heavy atom. The van der Waals surface area contributed by atoms with Gasteiger partial charge in [0.25, 0.3) is 0 Å². The van der Waals surface area contributed by atoms with Gasteiger partial charge in [-0.2, -0.15) is 0 Å². The minimum absolute atomic E-state index is 0.576. The summed E-state index contributed by atoms with van der Waals surface area (Å²) in [6, 6.07) is 9.86. The molecule has 1 aromatic rings. The molecule has 0 radical (unpaired) electrons. The molecule has 4 saturated heterocycles. The smallest absolute Gasteiger partial charge is 0.0594 e. The van der Waals surface area contributed by atoms with Crippen LogP contribution in [-0.2, 0) is 13.0 Å². The van der Waals surface area contributed by atoms with Gasteiger partial charge in [0.15, 0.2) is 0 Å². The second kappa shape index (κ2) is 8.20. The van der Waals surface area contributed by atoms with Crippen molar-refractivity contribution in [3.8, 4) is 0 Å². The zero-order valence-corrected chi connectivity index (χ0v) is 17.2. The van der Waals surface area contributed by atoms with Crippen LogP contribution in [0.25, 0.3) is 0 Å². The molecule has 4 heteroatoms. The maximum Gasteiger partial charge on any atom is 0.0594 e. The minimum Gasteiger partial charge on any atom is -0.390 e. The first-order chi connectivity index (χ1) is 13.0. The Hall–Kier alpha value is -0.940. The highest BCUT2D eigenvalue weighted by Gasteiger charge is 2.38. The topological polar surface area (TPSA) is 30.0 Å². The number of piperazine rings is 1. The van der Waals surface area contributed by atoms with Crippen LogP contribution in [0.4, 0.5) is 0 Å². The number of fused-ring (bicyclic) bond motifs is 3. The Kier molecular flexibility index (Phi) is 5.89. The number of aliphatic hydroxyl groups is 1. The predicted molar refractivity (Wildman–Crippen MR) is 111 cm³/mol. The number of hydrogen-bond donors (Lipinski definition) is 1. The van der Waals surface area contributed by atoms with Crippen LogP contribution in [-0.4, -0.2) is 77.3 Å². The molecule has 27 heavy (non-hydrogen) atoms.